The van der Waals surface area contributed by atoms with E-state index in [-0.39, 0.29) is 5.76 Å². The lowest BCUT2D eigenvalue weighted by atomic mass is 10.2. The van der Waals surface area contributed by atoms with Gasteiger partial charge < -0.3 is 14.5 Å². The predicted molar refractivity (Wildman–Crippen MR) is 73.8 cm³/mol. The third kappa shape index (κ3) is 3.61. The molecule has 1 heterocycles. The van der Waals surface area contributed by atoms with Gasteiger partial charge in [0.05, 0.1) is 6.26 Å². The highest BCUT2D eigenvalue weighted by Crippen LogP contribution is 2.20. The Bertz CT molecular complexity index is 622. The molecule has 1 amide bonds. The van der Waals surface area contributed by atoms with E-state index in [1.807, 2.05) is 6.92 Å². The first kappa shape index (κ1) is 14.1. The molecule has 0 spiro atoms. The van der Waals surface area contributed by atoms with Gasteiger partial charge in [0.2, 0.25) is 5.76 Å². The lowest BCUT2D eigenvalue weighted by molar-refractivity contribution is -0.119. The van der Waals surface area contributed by atoms with E-state index in [0.29, 0.717) is 10.7 Å². The van der Waals surface area contributed by atoms with Gasteiger partial charge in [-0.3, -0.25) is 4.79 Å². The molecule has 0 aliphatic carbocycles. The van der Waals surface area contributed by atoms with Crippen molar-refractivity contribution in [3.05, 3.63) is 52.9 Å². The number of halogens is 1. The van der Waals surface area contributed by atoms with Crippen molar-refractivity contribution in [3.8, 4) is 0 Å². The maximum atomic E-state index is 11.7. The number of carbonyl (C=O) groups excluding carboxylic acids is 2. The Morgan fingerprint density at radius 1 is 1.35 bits per heavy atom. The summed E-state index contributed by atoms with van der Waals surface area (Å²) in [5, 5.41) is 3.13. The Labute approximate surface area is 120 Å². The maximum absolute atomic E-state index is 11.7. The number of hydrogen-bond donors (Lipinski definition) is 1. The van der Waals surface area contributed by atoms with E-state index in [0.717, 1.165) is 5.56 Å². The van der Waals surface area contributed by atoms with Crippen LogP contribution in [0, 0.1) is 6.92 Å². The van der Waals surface area contributed by atoms with E-state index in [4.69, 9.17) is 20.8 Å². The molecule has 0 unspecified atom stereocenters. The van der Waals surface area contributed by atoms with Gasteiger partial charge >= 0.3 is 5.97 Å². The fraction of sp³-hybridized carbons (Fsp3) is 0.143. The van der Waals surface area contributed by atoms with Crippen LogP contribution in [-0.4, -0.2) is 18.5 Å². The van der Waals surface area contributed by atoms with Gasteiger partial charge in [0.25, 0.3) is 5.91 Å². The minimum atomic E-state index is -0.687. The second-order valence-corrected chi connectivity index (χ2v) is 4.50. The molecular formula is C14H12ClNO4. The monoisotopic (exact) mass is 293 g/mol. The van der Waals surface area contributed by atoms with E-state index in [1.54, 1.807) is 24.3 Å². The maximum Gasteiger partial charge on any atom is 0.374 e. The van der Waals surface area contributed by atoms with E-state index in [1.165, 1.54) is 12.3 Å². The SMILES string of the molecule is Cc1ccc(Cl)cc1NC(=O)COC(=O)c1ccco1. The number of carbonyl (C=O) groups is 2. The van der Waals surface area contributed by atoms with Crippen molar-refractivity contribution in [2.24, 2.45) is 0 Å². The lowest BCUT2D eigenvalue weighted by Gasteiger charge is -2.08. The van der Waals surface area contributed by atoms with E-state index >= 15 is 0 Å². The standard InChI is InChI=1S/C14H12ClNO4/c1-9-4-5-10(15)7-11(9)16-13(17)8-20-14(18)12-3-2-6-19-12/h2-7H,8H2,1H3,(H,16,17). The zero-order valence-electron chi connectivity index (χ0n) is 10.7. The number of anilines is 1. The Morgan fingerprint density at radius 2 is 2.15 bits per heavy atom. The fourth-order valence-corrected chi connectivity index (χ4v) is 1.68. The second kappa shape index (κ2) is 6.25. The third-order valence-electron chi connectivity index (χ3n) is 2.53. The molecule has 1 N–H and O–H groups in total. The van der Waals surface area contributed by atoms with Crippen LogP contribution in [0.3, 0.4) is 0 Å². The van der Waals surface area contributed by atoms with Crippen LogP contribution in [-0.2, 0) is 9.53 Å². The molecule has 0 saturated carbocycles. The van der Waals surface area contributed by atoms with Crippen molar-refractivity contribution in [2.45, 2.75) is 6.92 Å². The summed E-state index contributed by atoms with van der Waals surface area (Å²) in [5.74, 6) is -1.08. The number of aryl methyl sites for hydroxylation is 1. The van der Waals surface area contributed by atoms with Gasteiger partial charge in [-0.2, -0.15) is 0 Å². The summed E-state index contributed by atoms with van der Waals surface area (Å²) in [5.41, 5.74) is 1.44. The number of benzene rings is 1. The molecule has 0 fully saturated rings. The topological polar surface area (TPSA) is 68.5 Å². The van der Waals surface area contributed by atoms with Crippen molar-refractivity contribution >= 4 is 29.2 Å². The predicted octanol–water partition coefficient (Wildman–Crippen LogP) is 3.04. The summed E-state index contributed by atoms with van der Waals surface area (Å²) in [6, 6.07) is 8.16. The van der Waals surface area contributed by atoms with Crippen LogP contribution >= 0.6 is 11.6 Å². The molecule has 1 aromatic heterocycles. The van der Waals surface area contributed by atoms with Crippen LogP contribution in [0.1, 0.15) is 16.1 Å². The first-order valence-corrected chi connectivity index (χ1v) is 6.20. The molecule has 6 heteroatoms. The Kier molecular flexibility index (Phi) is 4.42. The third-order valence-corrected chi connectivity index (χ3v) is 2.77. The van der Waals surface area contributed by atoms with Gasteiger partial charge in [0.1, 0.15) is 0 Å². The Hall–Kier alpha value is -2.27. The molecule has 0 aliphatic rings. The van der Waals surface area contributed by atoms with Crippen molar-refractivity contribution in [1.29, 1.82) is 0 Å². The normalized spacial score (nSPS) is 10.1. The Balaban J connectivity index is 1.90. The van der Waals surface area contributed by atoms with Crippen molar-refractivity contribution in [2.75, 3.05) is 11.9 Å². The average Bonchev–Trinajstić information content (AvgIpc) is 2.94. The summed E-state index contributed by atoms with van der Waals surface area (Å²) < 4.78 is 9.67. The zero-order chi connectivity index (χ0) is 14.5. The molecule has 0 atom stereocenters. The highest BCUT2D eigenvalue weighted by Gasteiger charge is 2.13. The minimum absolute atomic E-state index is 0.0525. The zero-order valence-corrected chi connectivity index (χ0v) is 11.4. The molecule has 1 aromatic carbocycles. The number of esters is 1. The summed E-state index contributed by atoms with van der Waals surface area (Å²) in [6.07, 6.45) is 1.35. The average molecular weight is 294 g/mol. The smallest absolute Gasteiger partial charge is 0.374 e. The van der Waals surface area contributed by atoms with Crippen LogP contribution < -0.4 is 5.32 Å². The summed E-state index contributed by atoms with van der Waals surface area (Å²) in [6.45, 7) is 1.44. The molecule has 20 heavy (non-hydrogen) atoms. The first-order chi connectivity index (χ1) is 9.56. The van der Waals surface area contributed by atoms with Gasteiger partial charge in [-0.25, -0.2) is 4.79 Å². The molecule has 0 saturated heterocycles. The number of hydrogen-bond acceptors (Lipinski definition) is 4. The molecule has 0 aliphatic heterocycles. The molecule has 104 valence electrons. The van der Waals surface area contributed by atoms with E-state index in [9.17, 15) is 9.59 Å². The molecule has 2 rings (SSSR count). The van der Waals surface area contributed by atoms with E-state index in [2.05, 4.69) is 5.32 Å². The van der Waals surface area contributed by atoms with Crippen molar-refractivity contribution in [1.82, 2.24) is 0 Å². The quantitative estimate of drug-likeness (QED) is 0.880. The van der Waals surface area contributed by atoms with Gasteiger partial charge in [-0.05, 0) is 36.8 Å². The van der Waals surface area contributed by atoms with Crippen molar-refractivity contribution < 1.29 is 18.7 Å². The molecule has 2 aromatic rings. The van der Waals surface area contributed by atoms with Crippen LogP contribution in [0.5, 0.6) is 0 Å². The lowest BCUT2D eigenvalue weighted by Crippen LogP contribution is -2.21. The van der Waals surface area contributed by atoms with Gasteiger partial charge in [-0.15, -0.1) is 0 Å². The van der Waals surface area contributed by atoms with Crippen LogP contribution in [0.25, 0.3) is 0 Å². The number of nitrogens with one attached hydrogen (secondary N) is 1. The van der Waals surface area contributed by atoms with Crippen molar-refractivity contribution in [3.63, 3.8) is 0 Å². The number of amides is 1. The van der Waals surface area contributed by atoms with Crippen LogP contribution in [0.4, 0.5) is 5.69 Å². The van der Waals surface area contributed by atoms with Gasteiger partial charge in [-0.1, -0.05) is 17.7 Å². The number of rotatable bonds is 4. The number of furan rings is 1. The fourth-order valence-electron chi connectivity index (χ4n) is 1.51. The molecular weight excluding hydrogens is 282 g/mol. The summed E-state index contributed by atoms with van der Waals surface area (Å²) in [4.78, 5) is 23.2. The van der Waals surface area contributed by atoms with Crippen LogP contribution in [0.15, 0.2) is 41.0 Å². The second-order valence-electron chi connectivity index (χ2n) is 4.06. The van der Waals surface area contributed by atoms with Crippen LogP contribution in [0.2, 0.25) is 5.02 Å². The van der Waals surface area contributed by atoms with E-state index < -0.39 is 18.5 Å². The highest BCUT2D eigenvalue weighted by atomic mass is 35.5. The molecule has 5 nitrogen and oxygen atoms in total. The largest absolute Gasteiger partial charge is 0.457 e. The highest BCUT2D eigenvalue weighted by molar-refractivity contribution is 6.31. The van der Waals surface area contributed by atoms with Gasteiger partial charge in [0, 0.05) is 10.7 Å². The van der Waals surface area contributed by atoms with Gasteiger partial charge in [0.15, 0.2) is 6.61 Å². The first-order valence-electron chi connectivity index (χ1n) is 5.83. The summed E-state index contributed by atoms with van der Waals surface area (Å²) >= 11 is 5.85. The Morgan fingerprint density at radius 3 is 2.85 bits per heavy atom. The molecule has 0 bridgehead atoms. The molecule has 0 radical (unpaired) electrons. The number of ether oxygens (including phenoxy) is 1. The summed E-state index contributed by atoms with van der Waals surface area (Å²) in [7, 11) is 0. The minimum Gasteiger partial charge on any atom is -0.457 e.